The van der Waals surface area contributed by atoms with Crippen LogP contribution in [0.5, 0.6) is 0 Å². The maximum Gasteiger partial charge on any atom is 0.242 e. The second-order valence-electron chi connectivity index (χ2n) is 14.7. The van der Waals surface area contributed by atoms with E-state index in [1.807, 2.05) is 49.2 Å². The number of carbonyl (C=O) groups excluding carboxylic acids is 5. The molecule has 0 radical (unpaired) electrons. The van der Waals surface area contributed by atoms with Gasteiger partial charge in [0, 0.05) is 47.3 Å². The smallest absolute Gasteiger partial charge is 0.242 e. The average Bonchev–Trinajstić information content (AvgIpc) is 3.67. The van der Waals surface area contributed by atoms with Gasteiger partial charge in [-0.15, -0.1) is 0 Å². The maximum absolute atomic E-state index is 11.9. The molecule has 1 aromatic rings. The number of rotatable bonds is 20. The third-order valence-corrected chi connectivity index (χ3v) is 9.85. The third kappa shape index (κ3) is 24.2. The Hall–Kier alpha value is -3.55. The average molecular weight is 795 g/mol. The van der Waals surface area contributed by atoms with E-state index in [-0.39, 0.29) is 36.6 Å². The summed E-state index contributed by atoms with van der Waals surface area (Å²) in [5, 5.41) is 10.6. The van der Waals surface area contributed by atoms with Crippen molar-refractivity contribution in [3.05, 3.63) is 35.9 Å². The van der Waals surface area contributed by atoms with Crippen molar-refractivity contribution in [2.24, 2.45) is 17.8 Å². The summed E-state index contributed by atoms with van der Waals surface area (Å²) in [6.45, 7) is 22.3. The number of methoxy groups -OCH3 is 2. The van der Waals surface area contributed by atoms with E-state index in [0.717, 1.165) is 50.1 Å². The molecule has 1 heterocycles. The van der Waals surface area contributed by atoms with Crippen LogP contribution in [-0.4, -0.2) is 126 Å². The number of benzene rings is 1. The quantitative estimate of drug-likeness (QED) is 0.133. The fraction of sp³-hybridized carbons (Fsp3) is 0.744. The van der Waals surface area contributed by atoms with Gasteiger partial charge in [-0.1, -0.05) is 105 Å². The molecule has 1 aliphatic heterocycles. The molecule has 326 valence electrons. The number of nitrogens with zero attached hydrogens (tertiary/aromatic N) is 2. The summed E-state index contributed by atoms with van der Waals surface area (Å²) in [4.78, 5) is 58.2. The molecule has 56 heavy (non-hydrogen) atoms. The topological polar surface area (TPSA) is 158 Å². The van der Waals surface area contributed by atoms with E-state index < -0.39 is 6.04 Å². The first-order valence-corrected chi connectivity index (χ1v) is 20.4. The summed E-state index contributed by atoms with van der Waals surface area (Å²) >= 11 is 0. The monoisotopic (exact) mass is 795 g/mol. The first-order chi connectivity index (χ1) is 26.6. The molecule has 1 fully saturated rings. The van der Waals surface area contributed by atoms with Crippen molar-refractivity contribution in [1.29, 1.82) is 0 Å². The first-order valence-electron chi connectivity index (χ1n) is 20.4. The number of hydrogen-bond donors (Lipinski definition) is 4. The number of carbonyl (C=O) groups is 5. The molecule has 13 heteroatoms. The summed E-state index contributed by atoms with van der Waals surface area (Å²) in [5.41, 5.74) is 1.01. The fourth-order valence-electron chi connectivity index (χ4n) is 6.05. The molecule has 1 saturated heterocycles. The third-order valence-electron chi connectivity index (χ3n) is 9.85. The minimum absolute atomic E-state index is 0.0186. The normalized spacial score (nSPS) is 16.2. The lowest BCUT2D eigenvalue weighted by molar-refractivity contribution is -0.136. The van der Waals surface area contributed by atoms with Gasteiger partial charge in [0.25, 0.3) is 0 Å². The highest BCUT2D eigenvalue weighted by atomic mass is 16.5. The molecule has 1 aromatic carbocycles. The van der Waals surface area contributed by atoms with E-state index >= 15 is 0 Å². The Labute approximate surface area is 341 Å². The van der Waals surface area contributed by atoms with Gasteiger partial charge < -0.3 is 40.5 Å². The lowest BCUT2D eigenvalue weighted by atomic mass is 9.91. The Kier molecular flexibility index (Phi) is 36.3. The molecule has 0 aromatic heterocycles. The SMILES string of the molecule is CCC.CCC(C)C(C(CC)OC)N(C)C(=O)CNC=O.CNC(=O)C(Cc1ccccc1)NC=O.CNC(C)C(C)C.COC(C(C)C)C1CCCN1C=O. The van der Waals surface area contributed by atoms with E-state index in [4.69, 9.17) is 9.47 Å². The Morgan fingerprint density at radius 3 is 1.86 bits per heavy atom. The predicted molar refractivity (Wildman–Crippen MR) is 229 cm³/mol. The molecule has 1 aliphatic rings. The van der Waals surface area contributed by atoms with Crippen LogP contribution in [0.3, 0.4) is 0 Å². The summed E-state index contributed by atoms with van der Waals surface area (Å²) in [5.74, 6) is 1.29. The van der Waals surface area contributed by atoms with E-state index in [1.165, 1.54) is 6.42 Å². The molecular formula is C43H82N6O7. The van der Waals surface area contributed by atoms with Crippen LogP contribution in [0.15, 0.2) is 30.3 Å². The van der Waals surface area contributed by atoms with E-state index in [1.54, 1.807) is 33.2 Å². The van der Waals surface area contributed by atoms with E-state index in [9.17, 15) is 24.0 Å². The standard InChI is InChI=1S/C13H26N2O3.C11H14N2O2.C10H19NO2.C6H15N.C3H8/c1-6-10(3)13(11(7-2)18-5)15(4)12(17)8-14-9-16;1-12-11(15)10(13-8-14)7-9-5-3-2-4-6-9;1-8(2)10(13-3)9-5-4-6-11(9)7-12;1-5(2)6(3)7-4;1-3-2/h9-11,13H,6-8H2,1-5H3,(H,14,16);2-6,8,10H,7H2,1H3,(H,12,15)(H,13,14);7-10H,4-6H2,1-3H3;5-7H,1-4H3;3H2,1-2H3. The van der Waals surface area contributed by atoms with Crippen LogP contribution >= 0.6 is 0 Å². The second-order valence-corrected chi connectivity index (χ2v) is 14.7. The lowest BCUT2D eigenvalue weighted by Crippen LogP contribution is -2.51. The molecule has 2 rings (SSSR count). The van der Waals surface area contributed by atoms with Gasteiger partial charge in [-0.2, -0.15) is 0 Å². The molecule has 0 saturated carbocycles. The van der Waals surface area contributed by atoms with Gasteiger partial charge in [0.05, 0.1) is 30.8 Å². The fourth-order valence-corrected chi connectivity index (χ4v) is 6.05. The number of ether oxygens (including phenoxy) is 2. The zero-order valence-electron chi connectivity index (χ0n) is 37.7. The zero-order chi connectivity index (χ0) is 43.6. The molecule has 0 aliphatic carbocycles. The van der Waals surface area contributed by atoms with Crippen molar-refractivity contribution in [1.82, 2.24) is 31.1 Å². The number of amides is 5. The van der Waals surface area contributed by atoms with Crippen molar-refractivity contribution in [2.45, 2.75) is 144 Å². The molecular weight excluding hydrogens is 713 g/mol. The Balaban J connectivity index is -0.000000676. The number of likely N-dealkylation sites (tertiary alicyclic amines) is 1. The molecule has 13 nitrogen and oxygen atoms in total. The summed E-state index contributed by atoms with van der Waals surface area (Å²) in [7, 11) is 8.71. The minimum Gasteiger partial charge on any atom is -0.379 e. The highest BCUT2D eigenvalue weighted by Gasteiger charge is 2.33. The van der Waals surface area contributed by atoms with Crippen LogP contribution in [0.4, 0.5) is 0 Å². The summed E-state index contributed by atoms with van der Waals surface area (Å²) in [6, 6.07) is 10.0. The van der Waals surface area contributed by atoms with Gasteiger partial charge in [0.15, 0.2) is 0 Å². The molecule has 5 amide bonds. The maximum atomic E-state index is 11.9. The minimum atomic E-state index is -0.505. The molecule has 0 bridgehead atoms. The molecule has 0 spiro atoms. The van der Waals surface area contributed by atoms with Gasteiger partial charge in [0.2, 0.25) is 31.0 Å². The van der Waals surface area contributed by atoms with Crippen LogP contribution in [0, 0.1) is 17.8 Å². The summed E-state index contributed by atoms with van der Waals surface area (Å²) < 4.78 is 10.9. The second kappa shape index (κ2) is 35.8. The van der Waals surface area contributed by atoms with Crippen molar-refractivity contribution >= 4 is 31.0 Å². The molecule has 4 N–H and O–H groups in total. The van der Waals surface area contributed by atoms with Crippen molar-refractivity contribution < 1.29 is 33.4 Å². The highest BCUT2D eigenvalue weighted by Crippen LogP contribution is 2.24. The molecule has 7 atom stereocenters. The van der Waals surface area contributed by atoms with Gasteiger partial charge >= 0.3 is 0 Å². The van der Waals surface area contributed by atoms with Crippen molar-refractivity contribution in [3.8, 4) is 0 Å². The number of nitrogens with one attached hydrogen (secondary N) is 4. The predicted octanol–water partition coefficient (Wildman–Crippen LogP) is 5.07. The number of likely N-dealkylation sites (N-methyl/N-ethyl adjacent to an activating group) is 2. The van der Waals surface area contributed by atoms with Crippen LogP contribution in [0.25, 0.3) is 0 Å². The number of hydrogen-bond acceptors (Lipinski definition) is 8. The van der Waals surface area contributed by atoms with Crippen LogP contribution < -0.4 is 21.3 Å². The van der Waals surface area contributed by atoms with E-state index in [2.05, 4.69) is 83.6 Å². The zero-order valence-corrected chi connectivity index (χ0v) is 37.7. The van der Waals surface area contributed by atoms with Crippen molar-refractivity contribution in [3.63, 3.8) is 0 Å². The van der Waals surface area contributed by atoms with Crippen LogP contribution in [0.1, 0.15) is 107 Å². The molecule has 7 unspecified atom stereocenters. The lowest BCUT2D eigenvalue weighted by Gasteiger charge is -2.37. The Bertz CT molecular complexity index is 1120. The largest absolute Gasteiger partial charge is 0.379 e. The van der Waals surface area contributed by atoms with Gasteiger partial charge in [-0.3, -0.25) is 24.0 Å². The van der Waals surface area contributed by atoms with Gasteiger partial charge in [0.1, 0.15) is 6.04 Å². The van der Waals surface area contributed by atoms with Gasteiger partial charge in [-0.05, 0) is 56.6 Å². The van der Waals surface area contributed by atoms with Gasteiger partial charge in [-0.25, -0.2) is 0 Å². The van der Waals surface area contributed by atoms with E-state index in [0.29, 0.717) is 43.2 Å². The summed E-state index contributed by atoms with van der Waals surface area (Å²) in [6.07, 6.45) is 8.00. The van der Waals surface area contributed by atoms with Crippen LogP contribution in [-0.2, 0) is 39.9 Å². The first kappa shape index (κ1) is 56.8. The highest BCUT2D eigenvalue weighted by molar-refractivity contribution is 5.83. The Morgan fingerprint density at radius 2 is 1.48 bits per heavy atom. The van der Waals surface area contributed by atoms with Crippen LogP contribution in [0.2, 0.25) is 0 Å². The Morgan fingerprint density at radius 1 is 0.893 bits per heavy atom. The van der Waals surface area contributed by atoms with Crippen molar-refractivity contribution in [2.75, 3.05) is 48.5 Å².